The maximum atomic E-state index is 5.81. The van der Waals surface area contributed by atoms with E-state index in [1.54, 1.807) is 0 Å². The van der Waals surface area contributed by atoms with Crippen LogP contribution in [0.4, 0.5) is 5.69 Å². The molecular weight excluding hydrogens is 392 g/mol. The van der Waals surface area contributed by atoms with Gasteiger partial charge in [0.05, 0.1) is 13.2 Å². The smallest absolute Gasteiger partial charge is 0.195 e. The van der Waals surface area contributed by atoms with Crippen molar-refractivity contribution in [1.82, 2.24) is 10.3 Å². The Balaban J connectivity index is 1.32. The van der Waals surface area contributed by atoms with Crippen LogP contribution in [0.25, 0.3) is 0 Å². The Labute approximate surface area is 184 Å². The number of aromatic nitrogens is 1. The maximum absolute atomic E-state index is 5.81. The molecule has 0 atom stereocenters. The second-order valence-corrected chi connectivity index (χ2v) is 7.94. The van der Waals surface area contributed by atoms with Gasteiger partial charge in [-0.15, -0.1) is 0 Å². The van der Waals surface area contributed by atoms with E-state index >= 15 is 0 Å². The van der Waals surface area contributed by atoms with Crippen molar-refractivity contribution in [2.45, 2.75) is 32.1 Å². The minimum atomic E-state index is 0.667. The van der Waals surface area contributed by atoms with Crippen LogP contribution >= 0.6 is 0 Å². The standard InChI is InChI=1S/C24H32N4O3/c1-2-11-25-20(5-1)10-13-27-24(26-12-3-14-29-18-19-6-7-19)28-21-8-9-22-23(17-21)31-16-4-15-30-22/h1-2,5,8-9,11,17,19H,3-4,6-7,10,12-16,18H2,(H2,26,27,28). The van der Waals surface area contributed by atoms with Gasteiger partial charge in [0.25, 0.3) is 0 Å². The topological polar surface area (TPSA) is 77.0 Å². The number of hydrogen-bond donors (Lipinski definition) is 2. The molecule has 1 saturated carbocycles. The first-order valence-electron chi connectivity index (χ1n) is 11.3. The lowest BCUT2D eigenvalue weighted by Crippen LogP contribution is -2.33. The number of fused-ring (bicyclic) bond motifs is 1. The van der Waals surface area contributed by atoms with Crippen molar-refractivity contribution in [1.29, 1.82) is 0 Å². The summed E-state index contributed by atoms with van der Waals surface area (Å²) in [5.74, 6) is 3.10. The van der Waals surface area contributed by atoms with E-state index in [-0.39, 0.29) is 0 Å². The molecule has 0 amide bonds. The van der Waals surface area contributed by atoms with E-state index in [9.17, 15) is 0 Å². The molecule has 0 radical (unpaired) electrons. The third-order valence-electron chi connectivity index (χ3n) is 5.18. The number of aliphatic imine (C=N–C) groups is 1. The summed E-state index contributed by atoms with van der Waals surface area (Å²) in [5.41, 5.74) is 1.97. The van der Waals surface area contributed by atoms with E-state index in [1.165, 1.54) is 12.8 Å². The van der Waals surface area contributed by atoms with E-state index in [2.05, 4.69) is 15.6 Å². The number of anilines is 1. The summed E-state index contributed by atoms with van der Waals surface area (Å²) in [4.78, 5) is 9.12. The summed E-state index contributed by atoms with van der Waals surface area (Å²) < 4.78 is 17.3. The van der Waals surface area contributed by atoms with Crippen LogP contribution < -0.4 is 20.1 Å². The van der Waals surface area contributed by atoms with Crippen molar-refractivity contribution >= 4 is 11.6 Å². The minimum Gasteiger partial charge on any atom is -0.490 e. The van der Waals surface area contributed by atoms with E-state index in [0.29, 0.717) is 19.8 Å². The first-order valence-corrected chi connectivity index (χ1v) is 11.3. The molecule has 0 bridgehead atoms. The maximum Gasteiger partial charge on any atom is 0.195 e. The highest BCUT2D eigenvalue weighted by Gasteiger charge is 2.20. The van der Waals surface area contributed by atoms with Gasteiger partial charge < -0.3 is 24.8 Å². The van der Waals surface area contributed by atoms with Crippen LogP contribution in [0.1, 0.15) is 31.4 Å². The van der Waals surface area contributed by atoms with Crippen molar-refractivity contribution in [2.24, 2.45) is 10.9 Å². The number of rotatable bonds is 10. The van der Waals surface area contributed by atoms with Gasteiger partial charge in [0.15, 0.2) is 17.5 Å². The minimum absolute atomic E-state index is 0.667. The van der Waals surface area contributed by atoms with E-state index < -0.39 is 0 Å². The number of benzene rings is 1. The van der Waals surface area contributed by atoms with E-state index in [4.69, 9.17) is 19.2 Å². The Hall–Kier alpha value is -2.80. The Morgan fingerprint density at radius 2 is 2.03 bits per heavy atom. The molecule has 2 N–H and O–H groups in total. The average Bonchev–Trinajstić information content (AvgIpc) is 3.63. The van der Waals surface area contributed by atoms with Gasteiger partial charge in [0.1, 0.15) is 0 Å². The molecule has 166 valence electrons. The Bertz CT molecular complexity index is 840. The highest BCUT2D eigenvalue weighted by atomic mass is 16.5. The van der Waals surface area contributed by atoms with Crippen LogP contribution in [-0.2, 0) is 11.2 Å². The summed E-state index contributed by atoms with van der Waals surface area (Å²) in [6, 6.07) is 11.9. The molecule has 0 saturated heterocycles. The fourth-order valence-corrected chi connectivity index (χ4v) is 3.26. The van der Waals surface area contributed by atoms with Gasteiger partial charge in [-0.3, -0.25) is 9.98 Å². The molecule has 2 heterocycles. The number of hydrogen-bond acceptors (Lipinski definition) is 5. The number of nitrogens with zero attached hydrogens (tertiary/aromatic N) is 2. The molecule has 1 aliphatic carbocycles. The van der Waals surface area contributed by atoms with Crippen LogP contribution in [-0.4, -0.2) is 50.5 Å². The molecule has 4 rings (SSSR count). The van der Waals surface area contributed by atoms with E-state index in [0.717, 1.165) is 73.8 Å². The molecule has 2 aliphatic rings. The molecule has 31 heavy (non-hydrogen) atoms. The van der Waals surface area contributed by atoms with Crippen molar-refractivity contribution in [3.8, 4) is 11.5 Å². The number of ether oxygens (including phenoxy) is 3. The van der Waals surface area contributed by atoms with Crippen molar-refractivity contribution in [3.63, 3.8) is 0 Å². The quantitative estimate of drug-likeness (QED) is 0.344. The lowest BCUT2D eigenvalue weighted by atomic mass is 10.2. The molecule has 1 aliphatic heterocycles. The summed E-state index contributed by atoms with van der Waals surface area (Å²) in [5, 5.41) is 6.81. The first kappa shape index (κ1) is 21.4. The lowest BCUT2D eigenvalue weighted by molar-refractivity contribution is 0.123. The molecule has 1 fully saturated rings. The van der Waals surface area contributed by atoms with Gasteiger partial charge in [0, 0.05) is 62.8 Å². The zero-order chi connectivity index (χ0) is 21.1. The molecule has 2 aromatic rings. The Morgan fingerprint density at radius 3 is 2.87 bits per heavy atom. The van der Waals surface area contributed by atoms with Gasteiger partial charge in [0.2, 0.25) is 0 Å². The second-order valence-electron chi connectivity index (χ2n) is 7.94. The fraction of sp³-hybridized carbons (Fsp3) is 0.500. The normalized spacial score (nSPS) is 15.9. The highest BCUT2D eigenvalue weighted by molar-refractivity contribution is 5.94. The average molecular weight is 425 g/mol. The molecule has 0 spiro atoms. The van der Waals surface area contributed by atoms with Crippen LogP contribution in [0.2, 0.25) is 0 Å². The van der Waals surface area contributed by atoms with Crippen LogP contribution in [0.3, 0.4) is 0 Å². The lowest BCUT2D eigenvalue weighted by Gasteiger charge is -2.14. The third kappa shape index (κ3) is 7.43. The Morgan fingerprint density at radius 1 is 1.13 bits per heavy atom. The van der Waals surface area contributed by atoms with Gasteiger partial charge in [-0.25, -0.2) is 0 Å². The second kappa shape index (κ2) is 11.6. The predicted molar refractivity (Wildman–Crippen MR) is 122 cm³/mol. The number of guanidine groups is 1. The molecule has 0 unspecified atom stereocenters. The van der Waals surface area contributed by atoms with Crippen LogP contribution in [0.15, 0.2) is 47.6 Å². The predicted octanol–water partition coefficient (Wildman–Crippen LogP) is 3.66. The zero-order valence-electron chi connectivity index (χ0n) is 18.0. The third-order valence-corrected chi connectivity index (χ3v) is 5.18. The Kier molecular flexibility index (Phi) is 7.99. The van der Waals surface area contributed by atoms with Gasteiger partial charge in [-0.2, -0.15) is 0 Å². The van der Waals surface area contributed by atoms with Crippen molar-refractivity contribution < 1.29 is 14.2 Å². The van der Waals surface area contributed by atoms with Crippen LogP contribution in [0.5, 0.6) is 11.5 Å². The van der Waals surface area contributed by atoms with Crippen molar-refractivity contribution in [3.05, 3.63) is 48.3 Å². The fourth-order valence-electron chi connectivity index (χ4n) is 3.26. The van der Waals surface area contributed by atoms with Crippen molar-refractivity contribution in [2.75, 3.05) is 44.8 Å². The van der Waals surface area contributed by atoms with Gasteiger partial charge in [-0.1, -0.05) is 6.07 Å². The van der Waals surface area contributed by atoms with Crippen LogP contribution in [0, 0.1) is 5.92 Å². The molecule has 7 heteroatoms. The summed E-state index contributed by atoms with van der Waals surface area (Å²) in [6.07, 6.45) is 7.09. The number of nitrogens with one attached hydrogen (secondary N) is 2. The summed E-state index contributed by atoms with van der Waals surface area (Å²) in [7, 11) is 0. The highest BCUT2D eigenvalue weighted by Crippen LogP contribution is 2.32. The van der Waals surface area contributed by atoms with E-state index in [1.807, 2.05) is 42.6 Å². The largest absolute Gasteiger partial charge is 0.490 e. The molecule has 1 aromatic heterocycles. The molecular formula is C24H32N4O3. The molecule has 1 aromatic carbocycles. The SMILES string of the molecule is c1ccc(CCNC(=NCCCOCC2CC2)Nc2ccc3c(c2)OCCCO3)nc1. The monoisotopic (exact) mass is 424 g/mol. The number of pyridine rings is 1. The summed E-state index contributed by atoms with van der Waals surface area (Å²) in [6.45, 7) is 4.45. The molecule has 7 nitrogen and oxygen atoms in total. The van der Waals surface area contributed by atoms with Gasteiger partial charge >= 0.3 is 0 Å². The first-order chi connectivity index (χ1) is 15.4. The van der Waals surface area contributed by atoms with Gasteiger partial charge in [-0.05, 0) is 49.4 Å². The zero-order valence-corrected chi connectivity index (χ0v) is 18.0. The summed E-state index contributed by atoms with van der Waals surface area (Å²) >= 11 is 0.